The molecule has 20 heavy (non-hydrogen) atoms. The van der Waals surface area contributed by atoms with Gasteiger partial charge in [0.15, 0.2) is 0 Å². The van der Waals surface area contributed by atoms with E-state index in [9.17, 15) is 0 Å². The highest BCUT2D eigenvalue weighted by molar-refractivity contribution is 5.58. The normalized spacial score (nSPS) is 13.2. The molecule has 0 spiro atoms. The Morgan fingerprint density at radius 3 is 2.95 bits per heavy atom. The predicted octanol–water partition coefficient (Wildman–Crippen LogP) is 3.17. The van der Waals surface area contributed by atoms with Crippen molar-refractivity contribution in [3.05, 3.63) is 54.1 Å². The van der Waals surface area contributed by atoms with Gasteiger partial charge in [-0.1, -0.05) is 24.3 Å². The monoisotopic (exact) mass is 268 g/mol. The summed E-state index contributed by atoms with van der Waals surface area (Å²) in [6.45, 7) is 3.08. The number of nitrogens with one attached hydrogen (secondary N) is 1. The maximum absolute atomic E-state index is 5.23. The molecule has 0 atom stereocenters. The van der Waals surface area contributed by atoms with Crippen LogP contribution in [0, 0.1) is 0 Å². The Balaban J connectivity index is 1.56. The van der Waals surface area contributed by atoms with Crippen LogP contribution in [0.4, 0.5) is 11.4 Å². The lowest BCUT2D eigenvalue weighted by Gasteiger charge is -2.20. The molecule has 0 saturated heterocycles. The topological polar surface area (TPSA) is 24.5 Å². The van der Waals surface area contributed by atoms with E-state index in [2.05, 4.69) is 40.5 Å². The first-order valence-corrected chi connectivity index (χ1v) is 7.07. The van der Waals surface area contributed by atoms with Crippen molar-refractivity contribution >= 4 is 11.4 Å². The summed E-state index contributed by atoms with van der Waals surface area (Å²) in [5, 5.41) is 3.46. The van der Waals surface area contributed by atoms with Gasteiger partial charge in [-0.15, -0.1) is 0 Å². The summed E-state index contributed by atoms with van der Waals surface area (Å²) in [5.74, 6) is 0.890. The Hall–Kier alpha value is -2.16. The van der Waals surface area contributed by atoms with Crippen LogP contribution in [0.25, 0.3) is 0 Å². The van der Waals surface area contributed by atoms with Gasteiger partial charge in [0.1, 0.15) is 5.75 Å². The van der Waals surface area contributed by atoms with Crippen molar-refractivity contribution in [1.29, 1.82) is 0 Å². The minimum Gasteiger partial charge on any atom is -0.497 e. The lowest BCUT2D eigenvalue weighted by Crippen LogP contribution is -2.27. The zero-order valence-electron chi connectivity index (χ0n) is 11.8. The van der Waals surface area contributed by atoms with Gasteiger partial charge >= 0.3 is 0 Å². The Labute approximate surface area is 120 Å². The number of hydrogen-bond donors (Lipinski definition) is 1. The van der Waals surface area contributed by atoms with Crippen molar-refractivity contribution in [2.75, 3.05) is 37.0 Å². The molecule has 1 aliphatic rings. The molecule has 2 aromatic carbocycles. The van der Waals surface area contributed by atoms with E-state index in [1.165, 1.54) is 11.3 Å². The second-order valence-electron chi connectivity index (χ2n) is 5.02. The van der Waals surface area contributed by atoms with Gasteiger partial charge in [-0.25, -0.2) is 0 Å². The fourth-order valence-electron chi connectivity index (χ4n) is 2.71. The lowest BCUT2D eigenvalue weighted by molar-refractivity contribution is 0.415. The predicted molar refractivity (Wildman–Crippen MR) is 83.8 cm³/mol. The van der Waals surface area contributed by atoms with E-state index < -0.39 is 0 Å². The molecule has 0 saturated carbocycles. The highest BCUT2D eigenvalue weighted by Gasteiger charge is 2.17. The molecular weight excluding hydrogens is 248 g/mol. The summed E-state index contributed by atoms with van der Waals surface area (Å²) in [6, 6.07) is 16.7. The van der Waals surface area contributed by atoms with E-state index in [4.69, 9.17) is 4.74 Å². The van der Waals surface area contributed by atoms with E-state index >= 15 is 0 Å². The average molecular weight is 268 g/mol. The van der Waals surface area contributed by atoms with Crippen molar-refractivity contribution in [1.82, 2.24) is 0 Å². The molecule has 0 aliphatic carbocycles. The number of benzene rings is 2. The van der Waals surface area contributed by atoms with Crippen LogP contribution in [0.2, 0.25) is 0 Å². The largest absolute Gasteiger partial charge is 0.497 e. The molecule has 2 aromatic rings. The van der Waals surface area contributed by atoms with Crippen LogP contribution >= 0.6 is 0 Å². The maximum atomic E-state index is 5.23. The summed E-state index contributed by atoms with van der Waals surface area (Å²) < 4.78 is 5.23. The van der Waals surface area contributed by atoms with Gasteiger partial charge in [0, 0.05) is 37.1 Å². The molecule has 0 amide bonds. The van der Waals surface area contributed by atoms with E-state index in [-0.39, 0.29) is 0 Å². The van der Waals surface area contributed by atoms with Gasteiger partial charge in [0.05, 0.1) is 7.11 Å². The fraction of sp³-hybridized carbons (Fsp3) is 0.294. The van der Waals surface area contributed by atoms with Crippen LogP contribution in [-0.2, 0) is 6.42 Å². The number of nitrogens with zero attached hydrogens (tertiary/aromatic N) is 1. The minimum atomic E-state index is 0.890. The minimum absolute atomic E-state index is 0.890. The highest BCUT2D eigenvalue weighted by Crippen LogP contribution is 2.26. The van der Waals surface area contributed by atoms with E-state index in [0.29, 0.717) is 0 Å². The quantitative estimate of drug-likeness (QED) is 0.901. The number of rotatable bonds is 5. The van der Waals surface area contributed by atoms with Crippen LogP contribution in [0.5, 0.6) is 5.75 Å². The molecule has 3 rings (SSSR count). The third-order valence-corrected chi connectivity index (χ3v) is 3.76. The Morgan fingerprint density at radius 1 is 1.15 bits per heavy atom. The van der Waals surface area contributed by atoms with Gasteiger partial charge in [-0.2, -0.15) is 0 Å². The van der Waals surface area contributed by atoms with Gasteiger partial charge in [-0.3, -0.25) is 0 Å². The third kappa shape index (κ3) is 2.72. The van der Waals surface area contributed by atoms with E-state index in [0.717, 1.165) is 37.5 Å². The molecule has 1 N–H and O–H groups in total. The number of anilines is 2. The van der Waals surface area contributed by atoms with Gasteiger partial charge < -0.3 is 15.0 Å². The zero-order valence-corrected chi connectivity index (χ0v) is 11.8. The van der Waals surface area contributed by atoms with Crippen molar-refractivity contribution in [2.24, 2.45) is 0 Å². The first-order valence-electron chi connectivity index (χ1n) is 7.07. The summed E-state index contributed by atoms with van der Waals surface area (Å²) >= 11 is 0. The van der Waals surface area contributed by atoms with Gasteiger partial charge in [0.25, 0.3) is 0 Å². The lowest BCUT2D eigenvalue weighted by atomic mass is 10.2. The fourth-order valence-corrected chi connectivity index (χ4v) is 2.71. The smallest absolute Gasteiger partial charge is 0.120 e. The number of fused-ring (bicyclic) bond motifs is 1. The number of methoxy groups -OCH3 is 1. The molecule has 1 aliphatic heterocycles. The highest BCUT2D eigenvalue weighted by atomic mass is 16.5. The summed E-state index contributed by atoms with van der Waals surface area (Å²) in [5.41, 5.74) is 3.96. The molecule has 1 heterocycles. The first-order chi connectivity index (χ1) is 9.86. The summed E-state index contributed by atoms with van der Waals surface area (Å²) in [4.78, 5) is 2.45. The Kier molecular flexibility index (Phi) is 3.77. The van der Waals surface area contributed by atoms with Crippen molar-refractivity contribution in [3.8, 4) is 5.75 Å². The van der Waals surface area contributed by atoms with Crippen LogP contribution in [0.1, 0.15) is 5.56 Å². The number of hydrogen-bond acceptors (Lipinski definition) is 3. The maximum Gasteiger partial charge on any atom is 0.120 e. The van der Waals surface area contributed by atoms with Crippen LogP contribution in [-0.4, -0.2) is 26.7 Å². The molecule has 3 nitrogen and oxygen atoms in total. The van der Waals surface area contributed by atoms with Crippen LogP contribution < -0.4 is 15.0 Å². The Bertz CT molecular complexity index is 583. The van der Waals surface area contributed by atoms with Crippen molar-refractivity contribution in [3.63, 3.8) is 0 Å². The Morgan fingerprint density at radius 2 is 2.05 bits per heavy atom. The molecular formula is C17H20N2O. The van der Waals surface area contributed by atoms with Crippen molar-refractivity contribution < 1.29 is 4.74 Å². The summed E-state index contributed by atoms with van der Waals surface area (Å²) in [6.07, 6.45) is 1.16. The molecule has 104 valence electrons. The van der Waals surface area contributed by atoms with Crippen LogP contribution in [0.15, 0.2) is 48.5 Å². The number of para-hydroxylation sites is 1. The van der Waals surface area contributed by atoms with Crippen molar-refractivity contribution in [2.45, 2.75) is 6.42 Å². The molecule has 0 unspecified atom stereocenters. The molecule has 0 aromatic heterocycles. The molecule has 0 fully saturated rings. The second-order valence-corrected chi connectivity index (χ2v) is 5.02. The average Bonchev–Trinajstić information content (AvgIpc) is 2.91. The van der Waals surface area contributed by atoms with Gasteiger partial charge in [-0.05, 0) is 30.2 Å². The summed E-state index contributed by atoms with van der Waals surface area (Å²) in [7, 11) is 1.69. The molecule has 0 bridgehead atoms. The van der Waals surface area contributed by atoms with Crippen LogP contribution in [0.3, 0.4) is 0 Å². The zero-order chi connectivity index (χ0) is 13.8. The van der Waals surface area contributed by atoms with E-state index in [1.807, 2.05) is 18.2 Å². The number of ether oxygens (including phenoxy) is 1. The van der Waals surface area contributed by atoms with E-state index in [1.54, 1.807) is 7.11 Å². The standard InChI is InChI=1S/C17H20N2O/c1-20-16-7-4-6-15(13-16)18-10-12-19-11-9-14-5-2-3-8-17(14)19/h2-8,13,18H,9-12H2,1H3. The third-order valence-electron chi connectivity index (χ3n) is 3.76. The molecule has 0 radical (unpaired) electrons. The SMILES string of the molecule is COc1cccc(NCCN2CCc3ccccc32)c1. The first kappa shape index (κ1) is 12.9. The second kappa shape index (κ2) is 5.87. The van der Waals surface area contributed by atoms with Gasteiger partial charge in [0.2, 0.25) is 0 Å². The molecule has 3 heteroatoms.